The van der Waals surface area contributed by atoms with Gasteiger partial charge in [-0.15, -0.1) is 0 Å². The number of nitrogens with two attached hydrogens (primary N) is 1. The molecular weight excluding hydrogens is 624 g/mol. The second-order valence-corrected chi connectivity index (χ2v) is 9.78. The summed E-state index contributed by atoms with van der Waals surface area (Å²) >= 11 is 4.51. The standard InChI is InChI=1S/C22H27I2N3O4/c23-19-12-15(13-20(24)22(19)31-18-3-1-17(28)2-4-18)11-16(25)14-26-21(29)5-6-27-7-9-30-10-8-27/h1-4,12-13,16,28H,5-11,14,25H2,(H,26,29). The molecule has 1 amide bonds. The zero-order valence-electron chi connectivity index (χ0n) is 17.2. The molecule has 0 bridgehead atoms. The first kappa shape index (κ1) is 24.5. The van der Waals surface area contributed by atoms with Gasteiger partial charge in [0, 0.05) is 38.6 Å². The summed E-state index contributed by atoms with van der Waals surface area (Å²) in [6.07, 6.45) is 1.14. The third-order valence-electron chi connectivity index (χ3n) is 4.93. The molecule has 1 unspecified atom stereocenters. The molecular formula is C22H27I2N3O4. The Bertz CT molecular complexity index is 851. The van der Waals surface area contributed by atoms with Crippen LogP contribution in [0.2, 0.25) is 0 Å². The normalized spacial score (nSPS) is 15.5. The van der Waals surface area contributed by atoms with Gasteiger partial charge in [-0.05, 0) is 93.6 Å². The molecule has 1 aliphatic rings. The second kappa shape index (κ2) is 12.2. The van der Waals surface area contributed by atoms with Gasteiger partial charge < -0.3 is 25.6 Å². The van der Waals surface area contributed by atoms with Gasteiger partial charge in [-0.25, -0.2) is 0 Å². The highest BCUT2D eigenvalue weighted by molar-refractivity contribution is 14.1. The van der Waals surface area contributed by atoms with Crippen LogP contribution in [0, 0.1) is 7.14 Å². The van der Waals surface area contributed by atoms with E-state index in [1.54, 1.807) is 24.3 Å². The van der Waals surface area contributed by atoms with Gasteiger partial charge in [-0.3, -0.25) is 9.69 Å². The van der Waals surface area contributed by atoms with Gasteiger partial charge in [-0.2, -0.15) is 0 Å². The van der Waals surface area contributed by atoms with Gasteiger partial charge in [0.25, 0.3) is 0 Å². The van der Waals surface area contributed by atoms with Crippen molar-refractivity contribution >= 4 is 51.1 Å². The lowest BCUT2D eigenvalue weighted by molar-refractivity contribution is -0.121. The fourth-order valence-corrected chi connectivity index (χ4v) is 5.37. The molecule has 0 spiro atoms. The second-order valence-electron chi connectivity index (χ2n) is 7.46. The Kier molecular flexibility index (Phi) is 9.63. The molecule has 168 valence electrons. The molecule has 1 fully saturated rings. The first-order chi connectivity index (χ1) is 14.9. The number of amides is 1. The lowest BCUT2D eigenvalue weighted by atomic mass is 10.1. The summed E-state index contributed by atoms with van der Waals surface area (Å²) in [5.41, 5.74) is 7.37. The van der Waals surface area contributed by atoms with E-state index >= 15 is 0 Å². The molecule has 0 aromatic heterocycles. The predicted molar refractivity (Wildman–Crippen MR) is 137 cm³/mol. The van der Waals surface area contributed by atoms with Crippen molar-refractivity contribution < 1.29 is 19.4 Å². The number of benzene rings is 2. The smallest absolute Gasteiger partial charge is 0.221 e. The Morgan fingerprint density at radius 1 is 1.19 bits per heavy atom. The van der Waals surface area contributed by atoms with Crippen molar-refractivity contribution in [2.45, 2.75) is 18.9 Å². The lowest BCUT2D eigenvalue weighted by Gasteiger charge is -2.26. The third kappa shape index (κ3) is 8.04. The maximum Gasteiger partial charge on any atom is 0.221 e. The lowest BCUT2D eigenvalue weighted by Crippen LogP contribution is -2.41. The molecule has 2 aromatic rings. The van der Waals surface area contributed by atoms with Crippen LogP contribution in [0.25, 0.3) is 0 Å². The highest BCUT2D eigenvalue weighted by Crippen LogP contribution is 2.33. The van der Waals surface area contributed by atoms with E-state index in [4.69, 9.17) is 15.2 Å². The summed E-state index contributed by atoms with van der Waals surface area (Å²) in [5, 5.41) is 12.4. The molecule has 0 radical (unpaired) electrons. The summed E-state index contributed by atoms with van der Waals surface area (Å²) < 4.78 is 13.3. The van der Waals surface area contributed by atoms with Crippen LogP contribution in [-0.2, 0) is 16.0 Å². The maximum absolute atomic E-state index is 12.1. The van der Waals surface area contributed by atoms with E-state index in [0.29, 0.717) is 25.1 Å². The first-order valence-electron chi connectivity index (χ1n) is 10.2. The quantitative estimate of drug-likeness (QED) is 0.361. The average molecular weight is 651 g/mol. The number of carbonyl (C=O) groups is 1. The fraction of sp³-hybridized carbons (Fsp3) is 0.409. The Balaban J connectivity index is 1.47. The Morgan fingerprint density at radius 2 is 1.84 bits per heavy atom. The summed E-state index contributed by atoms with van der Waals surface area (Å²) in [6, 6.07) is 10.6. The van der Waals surface area contributed by atoms with Crippen LogP contribution in [0.5, 0.6) is 17.2 Å². The number of nitrogens with one attached hydrogen (secondary N) is 1. The number of morpholine rings is 1. The van der Waals surface area contributed by atoms with Crippen molar-refractivity contribution in [3.63, 3.8) is 0 Å². The SMILES string of the molecule is NC(CNC(=O)CCN1CCOCC1)Cc1cc(I)c(Oc2ccc(O)cc2)c(I)c1. The number of rotatable bonds is 9. The summed E-state index contributed by atoms with van der Waals surface area (Å²) in [5.74, 6) is 1.68. The van der Waals surface area contributed by atoms with Crippen molar-refractivity contribution in [2.75, 3.05) is 39.4 Å². The van der Waals surface area contributed by atoms with Gasteiger partial charge in [-0.1, -0.05) is 0 Å². The molecule has 1 aliphatic heterocycles. The average Bonchev–Trinajstić information content (AvgIpc) is 2.75. The minimum absolute atomic E-state index is 0.0312. The third-order valence-corrected chi connectivity index (χ3v) is 6.54. The molecule has 4 N–H and O–H groups in total. The van der Waals surface area contributed by atoms with Gasteiger partial charge >= 0.3 is 0 Å². The van der Waals surface area contributed by atoms with Crippen molar-refractivity contribution in [2.24, 2.45) is 5.73 Å². The molecule has 0 saturated carbocycles. The summed E-state index contributed by atoms with van der Waals surface area (Å²) in [4.78, 5) is 14.4. The molecule has 9 heteroatoms. The number of hydrogen-bond donors (Lipinski definition) is 3. The van der Waals surface area contributed by atoms with Crippen LogP contribution >= 0.6 is 45.2 Å². The van der Waals surface area contributed by atoms with Crippen LogP contribution < -0.4 is 15.8 Å². The minimum Gasteiger partial charge on any atom is -0.508 e. The van der Waals surface area contributed by atoms with Gasteiger partial charge in [0.2, 0.25) is 5.91 Å². The zero-order valence-corrected chi connectivity index (χ0v) is 21.5. The van der Waals surface area contributed by atoms with E-state index in [1.165, 1.54) is 0 Å². The number of carbonyl (C=O) groups excluding carboxylic acids is 1. The molecule has 0 aliphatic carbocycles. The van der Waals surface area contributed by atoms with Crippen LogP contribution in [0.15, 0.2) is 36.4 Å². The first-order valence-corrected chi connectivity index (χ1v) is 12.3. The van der Waals surface area contributed by atoms with Crippen molar-refractivity contribution in [3.05, 3.63) is 49.1 Å². The van der Waals surface area contributed by atoms with E-state index in [2.05, 4.69) is 67.5 Å². The van der Waals surface area contributed by atoms with E-state index in [1.807, 2.05) is 0 Å². The molecule has 3 rings (SSSR count). The summed E-state index contributed by atoms with van der Waals surface area (Å²) in [7, 11) is 0. The van der Waals surface area contributed by atoms with Gasteiger partial charge in [0.15, 0.2) is 5.75 Å². The van der Waals surface area contributed by atoms with Crippen LogP contribution in [0.1, 0.15) is 12.0 Å². The minimum atomic E-state index is -0.164. The topological polar surface area (TPSA) is 97.1 Å². The predicted octanol–water partition coefficient (Wildman–Crippen LogP) is 3.10. The van der Waals surface area contributed by atoms with E-state index in [9.17, 15) is 9.90 Å². The Hall–Kier alpha value is -1.15. The highest BCUT2D eigenvalue weighted by Gasteiger charge is 2.15. The highest BCUT2D eigenvalue weighted by atomic mass is 127. The number of nitrogens with zero attached hydrogens (tertiary/aromatic N) is 1. The van der Waals surface area contributed by atoms with Gasteiger partial charge in [0.1, 0.15) is 11.5 Å². The number of hydrogen-bond acceptors (Lipinski definition) is 6. The van der Waals surface area contributed by atoms with Crippen LogP contribution in [0.3, 0.4) is 0 Å². The van der Waals surface area contributed by atoms with Crippen LogP contribution in [0.4, 0.5) is 0 Å². The van der Waals surface area contributed by atoms with Crippen molar-refractivity contribution in [3.8, 4) is 17.2 Å². The number of ether oxygens (including phenoxy) is 2. The molecule has 1 saturated heterocycles. The van der Waals surface area contributed by atoms with E-state index in [-0.39, 0.29) is 17.7 Å². The van der Waals surface area contributed by atoms with E-state index in [0.717, 1.165) is 51.3 Å². The van der Waals surface area contributed by atoms with E-state index < -0.39 is 0 Å². The summed E-state index contributed by atoms with van der Waals surface area (Å²) in [6.45, 7) is 4.45. The number of phenols is 1. The molecule has 1 atom stereocenters. The molecule has 1 heterocycles. The largest absolute Gasteiger partial charge is 0.508 e. The number of aromatic hydroxyl groups is 1. The molecule has 31 heavy (non-hydrogen) atoms. The molecule has 7 nitrogen and oxygen atoms in total. The van der Waals surface area contributed by atoms with Crippen molar-refractivity contribution in [1.29, 1.82) is 0 Å². The number of phenolic OH excluding ortho intramolecular Hbond substituents is 1. The Morgan fingerprint density at radius 3 is 2.48 bits per heavy atom. The van der Waals surface area contributed by atoms with Crippen molar-refractivity contribution in [1.82, 2.24) is 10.2 Å². The molecule has 2 aromatic carbocycles. The maximum atomic E-state index is 12.1. The monoisotopic (exact) mass is 651 g/mol. The fourth-order valence-electron chi connectivity index (χ4n) is 3.25. The Labute approximate surface area is 209 Å². The van der Waals surface area contributed by atoms with Crippen LogP contribution in [-0.4, -0.2) is 61.3 Å². The zero-order chi connectivity index (χ0) is 22.2. The van der Waals surface area contributed by atoms with Gasteiger partial charge in [0.05, 0.1) is 20.4 Å². The number of halogens is 2.